The van der Waals surface area contributed by atoms with E-state index in [2.05, 4.69) is 31.7 Å². The molecular weight excluding hydrogens is 216 g/mol. The summed E-state index contributed by atoms with van der Waals surface area (Å²) in [5.74, 6) is 0. The summed E-state index contributed by atoms with van der Waals surface area (Å²) in [6.45, 7) is 10.1. The summed E-state index contributed by atoms with van der Waals surface area (Å²) in [4.78, 5) is 0. The Morgan fingerprint density at radius 3 is 2.56 bits per heavy atom. The van der Waals surface area contributed by atoms with E-state index in [0.717, 1.165) is 21.7 Å². The summed E-state index contributed by atoms with van der Waals surface area (Å²) in [5, 5.41) is 0.796. The fraction of sp³-hybridized carbons (Fsp3) is 0.200. The smallest absolute Gasteiger partial charge is 0.0435 e. The Labute approximate surface area is 103 Å². The topological polar surface area (TPSA) is 0 Å². The Bertz CT molecular complexity index is 451. The number of allylic oxidation sites excluding steroid dienone is 5. The van der Waals surface area contributed by atoms with E-state index in [4.69, 9.17) is 11.6 Å². The minimum atomic E-state index is 0.796. The Hall–Kier alpha value is -1.27. The molecule has 0 radical (unpaired) electrons. The average Bonchev–Trinajstić information content (AvgIpc) is 2.29. The first kappa shape index (κ1) is 12.8. The molecule has 0 N–H and O–H groups in total. The SMILES string of the molecule is C=C(/C=C\C(C)=C/C)c1ccc(Cl)c(C)c1. The lowest BCUT2D eigenvalue weighted by Crippen LogP contribution is -1.82. The van der Waals surface area contributed by atoms with Crippen LogP contribution in [0.4, 0.5) is 0 Å². The Kier molecular flexibility index (Phi) is 4.57. The van der Waals surface area contributed by atoms with Gasteiger partial charge in [0.25, 0.3) is 0 Å². The molecule has 0 aliphatic carbocycles. The number of hydrogen-bond acceptors (Lipinski definition) is 0. The maximum absolute atomic E-state index is 5.98. The van der Waals surface area contributed by atoms with E-state index in [1.54, 1.807) is 0 Å². The third-order valence-electron chi connectivity index (χ3n) is 2.53. The molecule has 0 spiro atoms. The molecule has 0 amide bonds. The molecule has 0 bridgehead atoms. The fourth-order valence-corrected chi connectivity index (χ4v) is 1.39. The average molecular weight is 233 g/mol. The molecule has 0 aromatic heterocycles. The number of halogens is 1. The molecule has 1 rings (SSSR count). The summed E-state index contributed by atoms with van der Waals surface area (Å²) < 4.78 is 0. The van der Waals surface area contributed by atoms with Gasteiger partial charge in [-0.05, 0) is 49.6 Å². The highest BCUT2D eigenvalue weighted by atomic mass is 35.5. The molecule has 0 saturated heterocycles. The van der Waals surface area contributed by atoms with Gasteiger partial charge in [-0.2, -0.15) is 0 Å². The summed E-state index contributed by atoms with van der Waals surface area (Å²) in [6, 6.07) is 5.96. The van der Waals surface area contributed by atoms with Gasteiger partial charge in [0.05, 0.1) is 0 Å². The molecule has 0 aliphatic heterocycles. The number of hydrogen-bond donors (Lipinski definition) is 0. The maximum Gasteiger partial charge on any atom is 0.0435 e. The number of aryl methyl sites for hydroxylation is 1. The second-order valence-electron chi connectivity index (χ2n) is 3.86. The normalized spacial score (nSPS) is 12.1. The standard InChI is InChI=1S/C15H17Cl/c1-5-11(2)6-7-12(3)14-8-9-15(16)13(4)10-14/h5-10H,3H2,1-2,4H3/b7-6-,11-5-. The lowest BCUT2D eigenvalue weighted by molar-refractivity contribution is 1.44. The van der Waals surface area contributed by atoms with Crippen molar-refractivity contribution in [2.45, 2.75) is 20.8 Å². The van der Waals surface area contributed by atoms with E-state index in [-0.39, 0.29) is 0 Å². The first-order valence-corrected chi connectivity index (χ1v) is 5.69. The summed E-state index contributed by atoms with van der Waals surface area (Å²) in [7, 11) is 0. The fourth-order valence-electron chi connectivity index (χ4n) is 1.27. The van der Waals surface area contributed by atoms with Crippen LogP contribution < -0.4 is 0 Å². The maximum atomic E-state index is 5.98. The largest absolute Gasteiger partial charge is 0.0912 e. The minimum Gasteiger partial charge on any atom is -0.0912 e. The van der Waals surface area contributed by atoms with Crippen molar-refractivity contribution in [2.75, 3.05) is 0 Å². The van der Waals surface area contributed by atoms with E-state index >= 15 is 0 Å². The van der Waals surface area contributed by atoms with Crippen molar-refractivity contribution in [3.05, 3.63) is 64.7 Å². The van der Waals surface area contributed by atoms with Crippen LogP contribution in [0, 0.1) is 6.92 Å². The summed E-state index contributed by atoms with van der Waals surface area (Å²) in [6.07, 6.45) is 6.15. The molecule has 1 aromatic carbocycles. The van der Waals surface area contributed by atoms with Gasteiger partial charge in [0.15, 0.2) is 0 Å². The van der Waals surface area contributed by atoms with Gasteiger partial charge in [0.2, 0.25) is 0 Å². The number of benzene rings is 1. The first-order chi connectivity index (χ1) is 7.54. The van der Waals surface area contributed by atoms with Crippen molar-refractivity contribution < 1.29 is 0 Å². The minimum absolute atomic E-state index is 0.796. The van der Waals surface area contributed by atoms with Gasteiger partial charge >= 0.3 is 0 Å². The Morgan fingerprint density at radius 1 is 1.31 bits per heavy atom. The van der Waals surface area contributed by atoms with Gasteiger partial charge in [-0.15, -0.1) is 0 Å². The van der Waals surface area contributed by atoms with Crippen LogP contribution >= 0.6 is 11.6 Å². The molecule has 0 atom stereocenters. The van der Waals surface area contributed by atoms with Crippen molar-refractivity contribution in [3.63, 3.8) is 0 Å². The highest BCUT2D eigenvalue weighted by molar-refractivity contribution is 6.31. The van der Waals surface area contributed by atoms with Gasteiger partial charge in [-0.3, -0.25) is 0 Å². The van der Waals surface area contributed by atoms with Crippen molar-refractivity contribution in [2.24, 2.45) is 0 Å². The van der Waals surface area contributed by atoms with Crippen molar-refractivity contribution >= 4 is 17.2 Å². The van der Waals surface area contributed by atoms with E-state index in [9.17, 15) is 0 Å². The third-order valence-corrected chi connectivity index (χ3v) is 2.96. The Balaban J connectivity index is 2.89. The molecule has 0 heterocycles. The van der Waals surface area contributed by atoms with Crippen molar-refractivity contribution in [1.82, 2.24) is 0 Å². The zero-order valence-electron chi connectivity index (χ0n) is 10.0. The van der Waals surface area contributed by atoms with Crippen LogP contribution in [0.5, 0.6) is 0 Å². The van der Waals surface area contributed by atoms with E-state index < -0.39 is 0 Å². The van der Waals surface area contributed by atoms with Crippen LogP contribution in [0.1, 0.15) is 25.0 Å². The molecule has 16 heavy (non-hydrogen) atoms. The van der Waals surface area contributed by atoms with Crippen LogP contribution in [-0.4, -0.2) is 0 Å². The summed E-state index contributed by atoms with van der Waals surface area (Å²) >= 11 is 5.98. The highest BCUT2D eigenvalue weighted by Gasteiger charge is 1.98. The van der Waals surface area contributed by atoms with Crippen LogP contribution in [-0.2, 0) is 0 Å². The first-order valence-electron chi connectivity index (χ1n) is 5.31. The molecule has 84 valence electrons. The lowest BCUT2D eigenvalue weighted by Gasteiger charge is -2.03. The molecule has 0 unspecified atom stereocenters. The van der Waals surface area contributed by atoms with Crippen LogP contribution in [0.15, 0.2) is 48.6 Å². The van der Waals surface area contributed by atoms with Crippen LogP contribution in [0.25, 0.3) is 5.57 Å². The predicted molar refractivity (Wildman–Crippen MR) is 73.8 cm³/mol. The second kappa shape index (κ2) is 5.72. The molecule has 1 aromatic rings. The molecule has 0 nitrogen and oxygen atoms in total. The Morgan fingerprint density at radius 2 is 2.00 bits per heavy atom. The van der Waals surface area contributed by atoms with Crippen molar-refractivity contribution in [1.29, 1.82) is 0 Å². The van der Waals surface area contributed by atoms with Gasteiger partial charge in [-0.25, -0.2) is 0 Å². The zero-order valence-corrected chi connectivity index (χ0v) is 10.8. The zero-order chi connectivity index (χ0) is 12.1. The summed E-state index contributed by atoms with van der Waals surface area (Å²) in [5.41, 5.74) is 4.42. The van der Waals surface area contributed by atoms with Gasteiger partial charge in [0, 0.05) is 5.02 Å². The monoisotopic (exact) mass is 232 g/mol. The van der Waals surface area contributed by atoms with Gasteiger partial charge in [-0.1, -0.05) is 48.0 Å². The van der Waals surface area contributed by atoms with Gasteiger partial charge in [0.1, 0.15) is 0 Å². The molecular formula is C15H17Cl. The number of rotatable bonds is 3. The quantitative estimate of drug-likeness (QED) is 0.630. The predicted octanol–water partition coefficient (Wildman–Crippen LogP) is 5.18. The van der Waals surface area contributed by atoms with Crippen LogP contribution in [0.2, 0.25) is 5.02 Å². The van der Waals surface area contributed by atoms with E-state index in [1.807, 2.05) is 32.1 Å². The van der Waals surface area contributed by atoms with E-state index in [1.165, 1.54) is 5.57 Å². The molecule has 0 saturated carbocycles. The highest BCUT2D eigenvalue weighted by Crippen LogP contribution is 2.21. The van der Waals surface area contributed by atoms with Crippen LogP contribution in [0.3, 0.4) is 0 Å². The molecule has 1 heteroatoms. The second-order valence-corrected chi connectivity index (χ2v) is 4.26. The molecule has 0 aliphatic rings. The third kappa shape index (κ3) is 3.39. The van der Waals surface area contributed by atoms with Crippen molar-refractivity contribution in [3.8, 4) is 0 Å². The van der Waals surface area contributed by atoms with E-state index in [0.29, 0.717) is 0 Å². The lowest BCUT2D eigenvalue weighted by atomic mass is 10.0. The van der Waals surface area contributed by atoms with Gasteiger partial charge < -0.3 is 0 Å². The molecule has 0 fully saturated rings.